The Balaban J connectivity index is 1.21. The number of nitrogens with one attached hydrogen (secondary N) is 1. The molecule has 5 rings (SSSR count). The van der Waals surface area contributed by atoms with E-state index in [2.05, 4.69) is 5.32 Å². The Kier molecular flexibility index (Phi) is 8.32. The van der Waals surface area contributed by atoms with Crippen molar-refractivity contribution in [3.8, 4) is 11.5 Å². The van der Waals surface area contributed by atoms with Crippen molar-refractivity contribution in [3.05, 3.63) is 53.1 Å². The molecule has 2 amide bonds. The summed E-state index contributed by atoms with van der Waals surface area (Å²) in [6, 6.07) is 11.9. The van der Waals surface area contributed by atoms with Crippen LogP contribution in [0.5, 0.6) is 11.5 Å². The predicted molar refractivity (Wildman–Crippen MR) is 142 cm³/mol. The minimum Gasteiger partial charge on any atom is -0.487 e. The highest BCUT2D eigenvalue weighted by Crippen LogP contribution is 2.42. The molecule has 0 aromatic heterocycles. The van der Waals surface area contributed by atoms with Crippen molar-refractivity contribution >= 4 is 29.3 Å². The summed E-state index contributed by atoms with van der Waals surface area (Å²) in [4.78, 5) is 27.9. The van der Waals surface area contributed by atoms with Crippen LogP contribution in [-0.2, 0) is 16.0 Å². The van der Waals surface area contributed by atoms with E-state index in [1.807, 2.05) is 17.0 Å². The number of piperidine rings is 1. The molecule has 0 saturated carbocycles. The minimum atomic E-state index is -5.13. The molecule has 2 saturated heterocycles. The van der Waals surface area contributed by atoms with Crippen LogP contribution >= 0.6 is 11.6 Å². The van der Waals surface area contributed by atoms with Crippen LogP contribution < -0.4 is 14.8 Å². The second-order valence-corrected chi connectivity index (χ2v) is 10.9. The molecule has 216 valence electrons. The molecule has 3 aliphatic heterocycles. The van der Waals surface area contributed by atoms with Crippen molar-refractivity contribution in [1.82, 2.24) is 9.80 Å². The van der Waals surface area contributed by atoms with Gasteiger partial charge in [-0.1, -0.05) is 23.7 Å². The zero-order valence-corrected chi connectivity index (χ0v) is 22.6. The lowest BCUT2D eigenvalue weighted by atomic mass is 9.87. The normalized spacial score (nSPS) is 19.1. The summed E-state index contributed by atoms with van der Waals surface area (Å²) < 4.78 is 56.1. The van der Waals surface area contributed by atoms with Crippen LogP contribution in [0.25, 0.3) is 0 Å². The van der Waals surface area contributed by atoms with Crippen LogP contribution in [0.2, 0.25) is 5.02 Å². The number of benzene rings is 2. The summed E-state index contributed by atoms with van der Waals surface area (Å²) in [7, 11) is 0. The number of alkyl halides is 3. The molecule has 0 aliphatic carbocycles. The number of carbonyl (C=O) groups is 2. The van der Waals surface area contributed by atoms with Crippen molar-refractivity contribution in [3.63, 3.8) is 0 Å². The number of likely N-dealkylation sites (tertiary alicyclic amines) is 2. The molecule has 0 radical (unpaired) electrons. The van der Waals surface area contributed by atoms with Gasteiger partial charge in [-0.2, -0.15) is 13.2 Å². The fraction of sp³-hybridized carbons (Fsp3) is 0.500. The summed E-state index contributed by atoms with van der Waals surface area (Å²) in [6.45, 7) is 2.15. The zero-order chi connectivity index (χ0) is 28.3. The third-order valence-electron chi connectivity index (χ3n) is 7.54. The SMILES string of the molecule is O=C(Nc1ccccc1OC[C@H](CN1CCC2(CC1)Cc1cc(Cl)ccc1O2)OC(=O)C(F)(F)F)N1CCCC1. The first kappa shape index (κ1) is 28.4. The number of halogens is 4. The first-order valence-corrected chi connectivity index (χ1v) is 13.7. The van der Waals surface area contributed by atoms with Gasteiger partial charge in [-0.25, -0.2) is 9.59 Å². The van der Waals surface area contributed by atoms with Gasteiger partial charge in [0.05, 0.1) is 5.69 Å². The topological polar surface area (TPSA) is 80.3 Å². The van der Waals surface area contributed by atoms with E-state index >= 15 is 0 Å². The van der Waals surface area contributed by atoms with E-state index < -0.39 is 18.2 Å². The molecule has 1 atom stereocenters. The van der Waals surface area contributed by atoms with Crippen molar-refractivity contribution < 1.29 is 37.0 Å². The number of rotatable bonds is 7. The molecule has 3 aliphatic rings. The average molecular weight is 582 g/mol. The van der Waals surface area contributed by atoms with E-state index in [0.717, 1.165) is 24.2 Å². The number of hydrogen-bond donors (Lipinski definition) is 1. The van der Waals surface area contributed by atoms with Gasteiger partial charge in [0.1, 0.15) is 29.8 Å². The summed E-state index contributed by atoms with van der Waals surface area (Å²) in [5, 5.41) is 3.45. The van der Waals surface area contributed by atoms with Gasteiger partial charge < -0.3 is 24.4 Å². The smallest absolute Gasteiger partial charge is 0.487 e. The van der Waals surface area contributed by atoms with Crippen molar-refractivity contribution in [2.75, 3.05) is 44.6 Å². The number of anilines is 1. The Morgan fingerprint density at radius 1 is 1.07 bits per heavy atom. The quantitative estimate of drug-likeness (QED) is 0.448. The lowest BCUT2D eigenvalue weighted by molar-refractivity contribution is -0.206. The standard InChI is InChI=1S/C28H31ClF3N3O5/c29-20-7-8-23-19(15-20)16-27(40-23)9-13-34(14-10-27)17-21(39-25(36)28(30,31)32)18-38-24-6-2-1-5-22(24)33-26(37)35-11-3-4-12-35/h1-2,5-8,15,21H,3-4,9-14,16-18H2,(H,33,37)/t21-/m0/s1. The maximum atomic E-state index is 13.1. The highest BCUT2D eigenvalue weighted by atomic mass is 35.5. The van der Waals surface area contributed by atoms with Crippen molar-refractivity contribution in [2.45, 2.75) is 50.0 Å². The Bertz CT molecular complexity index is 1230. The molecular formula is C28H31ClF3N3O5. The maximum Gasteiger partial charge on any atom is 0.490 e. The highest BCUT2D eigenvalue weighted by Gasteiger charge is 2.44. The van der Waals surface area contributed by atoms with Gasteiger partial charge in [0, 0.05) is 57.0 Å². The molecule has 12 heteroatoms. The van der Waals surface area contributed by atoms with E-state index in [1.165, 1.54) is 0 Å². The second-order valence-electron chi connectivity index (χ2n) is 10.5. The highest BCUT2D eigenvalue weighted by molar-refractivity contribution is 6.30. The molecule has 40 heavy (non-hydrogen) atoms. The fourth-order valence-electron chi connectivity index (χ4n) is 5.45. The molecule has 3 heterocycles. The molecule has 0 unspecified atom stereocenters. The van der Waals surface area contributed by atoms with Gasteiger partial charge in [-0.15, -0.1) is 0 Å². The number of carbonyl (C=O) groups excluding carboxylic acids is 2. The van der Waals surface area contributed by atoms with Crippen LogP contribution in [-0.4, -0.2) is 79.0 Å². The summed E-state index contributed by atoms with van der Waals surface area (Å²) in [5.41, 5.74) is 1.05. The Morgan fingerprint density at radius 3 is 2.52 bits per heavy atom. The van der Waals surface area contributed by atoms with Crippen molar-refractivity contribution in [2.24, 2.45) is 0 Å². The lowest BCUT2D eigenvalue weighted by Gasteiger charge is -2.39. The van der Waals surface area contributed by atoms with Gasteiger partial charge in [-0.3, -0.25) is 4.90 Å². The van der Waals surface area contributed by atoms with Crippen LogP contribution in [0.4, 0.5) is 23.7 Å². The third kappa shape index (κ3) is 6.75. The number of para-hydroxylation sites is 2. The lowest BCUT2D eigenvalue weighted by Crippen LogP contribution is -2.50. The Hall–Kier alpha value is -3.18. The molecule has 2 fully saturated rings. The molecule has 2 aromatic rings. The van der Waals surface area contributed by atoms with E-state index in [1.54, 1.807) is 35.2 Å². The first-order valence-electron chi connectivity index (χ1n) is 13.4. The number of hydrogen-bond acceptors (Lipinski definition) is 6. The van der Waals surface area contributed by atoms with Crippen LogP contribution in [0.15, 0.2) is 42.5 Å². The number of urea groups is 1. The molecule has 1 spiro atoms. The summed E-state index contributed by atoms with van der Waals surface area (Å²) in [5.74, 6) is -1.19. The molecule has 0 bridgehead atoms. The van der Waals surface area contributed by atoms with Gasteiger partial charge in [0.25, 0.3) is 0 Å². The molecule has 8 nitrogen and oxygen atoms in total. The van der Waals surface area contributed by atoms with Crippen LogP contribution in [0.3, 0.4) is 0 Å². The number of fused-ring (bicyclic) bond motifs is 1. The number of esters is 1. The van der Waals surface area contributed by atoms with Gasteiger partial charge in [-0.05, 0) is 48.7 Å². The van der Waals surface area contributed by atoms with Gasteiger partial charge in [0.2, 0.25) is 0 Å². The van der Waals surface area contributed by atoms with E-state index in [-0.39, 0.29) is 30.5 Å². The average Bonchev–Trinajstić information content (AvgIpc) is 3.57. The third-order valence-corrected chi connectivity index (χ3v) is 7.78. The summed E-state index contributed by atoms with van der Waals surface area (Å²) in [6.07, 6.45) is -2.42. The number of nitrogens with zero attached hydrogens (tertiary/aromatic N) is 2. The van der Waals surface area contributed by atoms with E-state index in [4.69, 9.17) is 25.8 Å². The maximum absolute atomic E-state index is 13.1. The van der Waals surface area contributed by atoms with Gasteiger partial charge >= 0.3 is 18.2 Å². The number of amides is 2. The van der Waals surface area contributed by atoms with E-state index in [0.29, 0.717) is 56.2 Å². The van der Waals surface area contributed by atoms with Crippen molar-refractivity contribution in [1.29, 1.82) is 0 Å². The number of ether oxygens (including phenoxy) is 3. The molecular weight excluding hydrogens is 551 g/mol. The monoisotopic (exact) mass is 581 g/mol. The van der Waals surface area contributed by atoms with E-state index in [9.17, 15) is 22.8 Å². The van der Waals surface area contributed by atoms with Gasteiger partial charge in [0.15, 0.2) is 0 Å². The Labute approximate surface area is 235 Å². The minimum absolute atomic E-state index is 0.0545. The summed E-state index contributed by atoms with van der Waals surface area (Å²) >= 11 is 6.12. The first-order chi connectivity index (χ1) is 19.1. The second kappa shape index (κ2) is 11.7. The molecule has 1 N–H and O–H groups in total. The van der Waals surface area contributed by atoms with Crippen LogP contribution in [0, 0.1) is 0 Å². The zero-order valence-electron chi connectivity index (χ0n) is 21.8. The fourth-order valence-corrected chi connectivity index (χ4v) is 5.64. The largest absolute Gasteiger partial charge is 0.490 e. The predicted octanol–water partition coefficient (Wildman–Crippen LogP) is 5.29. The van der Waals surface area contributed by atoms with Crippen LogP contribution in [0.1, 0.15) is 31.2 Å². The molecule has 2 aromatic carbocycles. The Morgan fingerprint density at radius 2 is 1.80 bits per heavy atom.